The van der Waals surface area contributed by atoms with Gasteiger partial charge in [0.25, 0.3) is 5.91 Å². The summed E-state index contributed by atoms with van der Waals surface area (Å²) in [6.07, 6.45) is 3.44. The molecule has 0 saturated carbocycles. The molecule has 31 heavy (non-hydrogen) atoms. The Morgan fingerprint density at radius 1 is 0.968 bits per heavy atom. The predicted octanol–water partition coefficient (Wildman–Crippen LogP) is 4.98. The van der Waals surface area contributed by atoms with E-state index >= 15 is 0 Å². The maximum Gasteiger partial charge on any atom is 0.251 e. The van der Waals surface area contributed by atoms with Crippen LogP contribution in [0.15, 0.2) is 67.0 Å². The van der Waals surface area contributed by atoms with Crippen LogP contribution in [0.25, 0.3) is 10.9 Å². The van der Waals surface area contributed by atoms with Gasteiger partial charge in [0.1, 0.15) is 17.2 Å². The highest BCUT2D eigenvalue weighted by Crippen LogP contribution is 2.33. The van der Waals surface area contributed by atoms with Crippen LogP contribution in [-0.2, 0) is 6.54 Å². The fourth-order valence-corrected chi connectivity index (χ4v) is 3.40. The van der Waals surface area contributed by atoms with Crippen LogP contribution in [0.1, 0.15) is 27.2 Å². The molecule has 0 aliphatic rings. The van der Waals surface area contributed by atoms with Crippen LogP contribution >= 0.6 is 0 Å². The second kappa shape index (κ2) is 8.83. The number of nitrogens with one attached hydrogen (secondary N) is 1. The molecule has 6 heteroatoms. The lowest BCUT2D eigenvalue weighted by molar-refractivity contribution is 0.0950. The van der Waals surface area contributed by atoms with Crippen molar-refractivity contribution in [1.82, 2.24) is 15.3 Å². The highest BCUT2D eigenvalue weighted by Gasteiger charge is 2.14. The third-order valence-corrected chi connectivity index (χ3v) is 5.07. The lowest BCUT2D eigenvalue weighted by Gasteiger charge is -2.14. The molecule has 2 aromatic heterocycles. The molecule has 0 aliphatic heterocycles. The van der Waals surface area contributed by atoms with Gasteiger partial charge in [0.15, 0.2) is 0 Å². The molecule has 6 nitrogen and oxygen atoms in total. The number of amides is 1. The number of pyridine rings is 2. The molecule has 0 bridgehead atoms. The van der Waals surface area contributed by atoms with Crippen molar-refractivity contribution in [3.8, 4) is 17.2 Å². The number of hydrogen-bond donors (Lipinski definition) is 1. The van der Waals surface area contributed by atoms with Crippen LogP contribution in [0, 0.1) is 13.8 Å². The van der Waals surface area contributed by atoms with Crippen LogP contribution in [0.2, 0.25) is 0 Å². The molecule has 2 heterocycles. The van der Waals surface area contributed by atoms with E-state index in [1.54, 1.807) is 25.6 Å². The number of aromatic nitrogens is 2. The topological polar surface area (TPSA) is 73.3 Å². The summed E-state index contributed by atoms with van der Waals surface area (Å²) >= 11 is 0. The van der Waals surface area contributed by atoms with Crippen LogP contribution in [-0.4, -0.2) is 23.0 Å². The maximum absolute atomic E-state index is 12.8. The summed E-state index contributed by atoms with van der Waals surface area (Å²) in [5.41, 5.74) is 4.04. The molecule has 0 radical (unpaired) electrons. The number of aryl methyl sites for hydroxylation is 1. The number of benzene rings is 2. The minimum Gasteiger partial charge on any atom is -0.497 e. The average molecular weight is 413 g/mol. The molecule has 0 spiro atoms. The molecule has 156 valence electrons. The van der Waals surface area contributed by atoms with Crippen molar-refractivity contribution in [3.63, 3.8) is 0 Å². The fraction of sp³-hybridized carbons (Fsp3) is 0.160. The zero-order valence-corrected chi connectivity index (χ0v) is 17.7. The zero-order chi connectivity index (χ0) is 21.8. The van der Waals surface area contributed by atoms with E-state index in [4.69, 9.17) is 9.47 Å². The van der Waals surface area contributed by atoms with Gasteiger partial charge in [-0.1, -0.05) is 6.07 Å². The van der Waals surface area contributed by atoms with Gasteiger partial charge in [0.2, 0.25) is 0 Å². The first-order chi connectivity index (χ1) is 15.0. The number of hydrogen-bond acceptors (Lipinski definition) is 5. The van der Waals surface area contributed by atoms with Gasteiger partial charge >= 0.3 is 0 Å². The number of rotatable bonds is 6. The van der Waals surface area contributed by atoms with Crippen LogP contribution in [0.3, 0.4) is 0 Å². The molecule has 0 fully saturated rings. The fourth-order valence-electron chi connectivity index (χ4n) is 3.40. The Labute approximate surface area is 180 Å². The van der Waals surface area contributed by atoms with E-state index in [9.17, 15) is 4.79 Å². The van der Waals surface area contributed by atoms with Gasteiger partial charge in [-0.05, 0) is 61.9 Å². The first-order valence-corrected chi connectivity index (χ1v) is 9.95. The van der Waals surface area contributed by atoms with E-state index in [0.29, 0.717) is 23.6 Å². The van der Waals surface area contributed by atoms with E-state index in [1.165, 1.54) is 0 Å². The van der Waals surface area contributed by atoms with Crippen LogP contribution < -0.4 is 14.8 Å². The van der Waals surface area contributed by atoms with Crippen LogP contribution in [0.5, 0.6) is 17.2 Å². The summed E-state index contributed by atoms with van der Waals surface area (Å²) in [5.74, 6) is 1.87. The Morgan fingerprint density at radius 3 is 2.61 bits per heavy atom. The van der Waals surface area contributed by atoms with Gasteiger partial charge in [-0.3, -0.25) is 14.8 Å². The number of fused-ring (bicyclic) bond motifs is 1. The lowest BCUT2D eigenvalue weighted by atomic mass is 10.1. The highest BCUT2D eigenvalue weighted by molar-refractivity contribution is 5.96. The molecular formula is C25H23N3O3. The molecule has 4 rings (SSSR count). The van der Waals surface area contributed by atoms with Crippen molar-refractivity contribution in [2.45, 2.75) is 20.4 Å². The summed E-state index contributed by atoms with van der Waals surface area (Å²) < 4.78 is 11.5. The van der Waals surface area contributed by atoms with E-state index in [0.717, 1.165) is 33.5 Å². The first-order valence-electron chi connectivity index (χ1n) is 9.95. The quantitative estimate of drug-likeness (QED) is 0.483. The Morgan fingerprint density at radius 2 is 1.81 bits per heavy atom. The third kappa shape index (κ3) is 4.48. The van der Waals surface area contributed by atoms with Crippen molar-refractivity contribution in [1.29, 1.82) is 0 Å². The SMILES string of the molecule is COc1ccc2c(Oc3cccc(C(=O)NCc4ccnc(C)c4)c3C)ccnc2c1. The summed E-state index contributed by atoms with van der Waals surface area (Å²) in [6, 6.07) is 16.8. The lowest BCUT2D eigenvalue weighted by Crippen LogP contribution is -2.23. The first kappa shape index (κ1) is 20.3. The molecule has 0 saturated heterocycles. The van der Waals surface area contributed by atoms with Gasteiger partial charge in [0.05, 0.1) is 12.6 Å². The van der Waals surface area contributed by atoms with E-state index < -0.39 is 0 Å². The number of carbonyl (C=O) groups is 1. The minimum absolute atomic E-state index is 0.151. The van der Waals surface area contributed by atoms with Gasteiger partial charge in [-0.25, -0.2) is 0 Å². The standard InChI is InChI=1S/C25H23N3O3/c1-16-13-18(9-11-26-16)15-28-25(29)20-5-4-6-23(17(20)2)31-24-10-12-27-22-14-19(30-3)7-8-21(22)24/h4-14H,15H2,1-3H3,(H,28,29). The predicted molar refractivity (Wildman–Crippen MR) is 120 cm³/mol. The van der Waals surface area contributed by atoms with Crippen LogP contribution in [0.4, 0.5) is 0 Å². The van der Waals surface area contributed by atoms with E-state index in [1.807, 2.05) is 62.4 Å². The second-order valence-electron chi connectivity index (χ2n) is 7.21. The molecule has 1 N–H and O–H groups in total. The number of nitrogens with zero attached hydrogens (tertiary/aromatic N) is 2. The van der Waals surface area contributed by atoms with Crippen molar-refractivity contribution in [3.05, 3.63) is 89.4 Å². The monoisotopic (exact) mass is 413 g/mol. The molecule has 1 amide bonds. The second-order valence-corrected chi connectivity index (χ2v) is 7.21. The van der Waals surface area contributed by atoms with Gasteiger partial charge in [0, 0.05) is 47.2 Å². The largest absolute Gasteiger partial charge is 0.497 e. The Kier molecular flexibility index (Phi) is 5.80. The van der Waals surface area contributed by atoms with E-state index in [-0.39, 0.29) is 5.91 Å². The highest BCUT2D eigenvalue weighted by atomic mass is 16.5. The summed E-state index contributed by atoms with van der Waals surface area (Å²) in [5, 5.41) is 3.84. The zero-order valence-electron chi connectivity index (χ0n) is 17.7. The Balaban J connectivity index is 1.56. The number of carbonyl (C=O) groups excluding carboxylic acids is 1. The summed E-state index contributed by atoms with van der Waals surface area (Å²) in [4.78, 5) is 21.4. The van der Waals surface area contributed by atoms with Gasteiger partial charge in [-0.15, -0.1) is 0 Å². The Bertz CT molecular complexity index is 1250. The van der Waals surface area contributed by atoms with Gasteiger partial charge in [-0.2, -0.15) is 0 Å². The smallest absolute Gasteiger partial charge is 0.251 e. The summed E-state index contributed by atoms with van der Waals surface area (Å²) in [7, 11) is 1.62. The number of ether oxygens (including phenoxy) is 2. The summed E-state index contributed by atoms with van der Waals surface area (Å²) in [6.45, 7) is 4.24. The van der Waals surface area contributed by atoms with Crippen molar-refractivity contribution < 1.29 is 14.3 Å². The molecule has 4 aromatic rings. The maximum atomic E-state index is 12.8. The minimum atomic E-state index is -0.151. The van der Waals surface area contributed by atoms with Crippen molar-refractivity contribution >= 4 is 16.8 Å². The third-order valence-electron chi connectivity index (χ3n) is 5.07. The number of methoxy groups -OCH3 is 1. The molecule has 2 aromatic carbocycles. The Hall–Kier alpha value is -3.93. The average Bonchev–Trinajstić information content (AvgIpc) is 2.78. The molecule has 0 aliphatic carbocycles. The van der Waals surface area contributed by atoms with Crippen molar-refractivity contribution in [2.75, 3.05) is 7.11 Å². The molecular weight excluding hydrogens is 390 g/mol. The van der Waals surface area contributed by atoms with Gasteiger partial charge < -0.3 is 14.8 Å². The molecule has 0 atom stereocenters. The normalized spacial score (nSPS) is 10.7. The van der Waals surface area contributed by atoms with Crippen molar-refractivity contribution in [2.24, 2.45) is 0 Å². The van der Waals surface area contributed by atoms with E-state index in [2.05, 4.69) is 15.3 Å². The molecule has 0 unspecified atom stereocenters.